The zero-order chi connectivity index (χ0) is 19.8. The highest BCUT2D eigenvalue weighted by Crippen LogP contribution is 2.26. The lowest BCUT2D eigenvalue weighted by atomic mass is 10.1. The minimum atomic E-state index is -0.554. The van der Waals surface area contributed by atoms with Crippen LogP contribution in [0.3, 0.4) is 0 Å². The van der Waals surface area contributed by atoms with Crippen LogP contribution in [0.5, 0.6) is 0 Å². The summed E-state index contributed by atoms with van der Waals surface area (Å²) >= 11 is 7.69. The molecule has 142 valence electrons. The number of benzene rings is 2. The number of thiazole rings is 1. The number of amides is 3. The standard InChI is InChI=1S/C20H16ClN3O3S/c1-2-10-23-17-14(21)8-5-9-15(17)28-20(23)22-16(25)11-24-18(26)12-6-3-4-7-13(12)19(24)27/h3-9H,2,10-11H2,1H3. The van der Waals surface area contributed by atoms with Crippen molar-refractivity contribution in [3.05, 3.63) is 63.4 Å². The van der Waals surface area contributed by atoms with Crippen LogP contribution in [0.25, 0.3) is 10.2 Å². The van der Waals surface area contributed by atoms with E-state index in [4.69, 9.17) is 11.6 Å². The van der Waals surface area contributed by atoms with Gasteiger partial charge in [0.1, 0.15) is 6.54 Å². The van der Waals surface area contributed by atoms with E-state index in [0.717, 1.165) is 21.5 Å². The lowest BCUT2D eigenvalue weighted by Gasteiger charge is -2.10. The molecule has 0 fully saturated rings. The molecular weight excluding hydrogens is 398 g/mol. The Morgan fingerprint density at radius 1 is 1.07 bits per heavy atom. The van der Waals surface area contributed by atoms with Crippen LogP contribution < -0.4 is 4.80 Å². The number of aryl methyl sites for hydroxylation is 1. The fraction of sp³-hybridized carbons (Fsp3) is 0.200. The summed E-state index contributed by atoms with van der Waals surface area (Å²) in [5.74, 6) is -1.49. The molecule has 1 aromatic heterocycles. The first kappa shape index (κ1) is 18.6. The molecule has 0 unspecified atom stereocenters. The number of hydrogen-bond acceptors (Lipinski definition) is 4. The van der Waals surface area contributed by atoms with Crippen molar-refractivity contribution >= 4 is 50.9 Å². The molecule has 3 amide bonds. The number of halogens is 1. The summed E-state index contributed by atoms with van der Waals surface area (Å²) in [6, 6.07) is 12.1. The van der Waals surface area contributed by atoms with E-state index in [1.807, 2.05) is 23.6 Å². The van der Waals surface area contributed by atoms with E-state index in [1.54, 1.807) is 30.3 Å². The van der Waals surface area contributed by atoms with Crippen molar-refractivity contribution in [2.45, 2.75) is 19.9 Å². The quantitative estimate of drug-likeness (QED) is 0.614. The summed E-state index contributed by atoms with van der Waals surface area (Å²) in [7, 11) is 0. The molecule has 0 radical (unpaired) electrons. The smallest absolute Gasteiger partial charge is 0.268 e. The van der Waals surface area contributed by atoms with Gasteiger partial charge >= 0.3 is 0 Å². The van der Waals surface area contributed by atoms with Gasteiger partial charge in [0.2, 0.25) is 0 Å². The predicted octanol–water partition coefficient (Wildman–Crippen LogP) is 3.49. The Balaban J connectivity index is 1.68. The van der Waals surface area contributed by atoms with Crippen molar-refractivity contribution in [2.75, 3.05) is 6.54 Å². The summed E-state index contributed by atoms with van der Waals surface area (Å²) in [5, 5.41) is 0.594. The van der Waals surface area contributed by atoms with E-state index in [1.165, 1.54) is 11.3 Å². The Morgan fingerprint density at radius 2 is 1.75 bits per heavy atom. The highest BCUT2D eigenvalue weighted by atomic mass is 35.5. The minimum absolute atomic E-state index is 0.315. The van der Waals surface area contributed by atoms with Crippen molar-refractivity contribution in [3.8, 4) is 0 Å². The van der Waals surface area contributed by atoms with Gasteiger partial charge < -0.3 is 4.57 Å². The summed E-state index contributed by atoms with van der Waals surface area (Å²) in [6.07, 6.45) is 0.844. The normalized spacial score (nSPS) is 14.2. The van der Waals surface area contributed by atoms with Crippen LogP contribution >= 0.6 is 22.9 Å². The number of aromatic nitrogens is 1. The summed E-state index contributed by atoms with van der Waals surface area (Å²) in [5.41, 5.74) is 1.47. The maximum absolute atomic E-state index is 12.6. The van der Waals surface area contributed by atoms with Gasteiger partial charge in [0.25, 0.3) is 17.7 Å². The fourth-order valence-corrected chi connectivity index (χ4v) is 4.70. The first-order valence-corrected chi connectivity index (χ1v) is 10.0. The SMILES string of the molecule is CCCn1c(=NC(=O)CN2C(=O)c3ccccc3C2=O)sc2cccc(Cl)c21. The first-order valence-electron chi connectivity index (χ1n) is 8.82. The van der Waals surface area contributed by atoms with Gasteiger partial charge in [-0.2, -0.15) is 4.99 Å². The average molecular weight is 414 g/mol. The van der Waals surface area contributed by atoms with E-state index in [2.05, 4.69) is 4.99 Å². The molecule has 28 heavy (non-hydrogen) atoms. The molecule has 2 aromatic carbocycles. The highest BCUT2D eigenvalue weighted by molar-refractivity contribution is 7.16. The molecule has 0 saturated carbocycles. The van der Waals surface area contributed by atoms with Crippen LogP contribution in [-0.4, -0.2) is 33.7 Å². The van der Waals surface area contributed by atoms with E-state index in [0.29, 0.717) is 27.5 Å². The largest absolute Gasteiger partial charge is 0.315 e. The van der Waals surface area contributed by atoms with Gasteiger partial charge in [-0.15, -0.1) is 0 Å². The van der Waals surface area contributed by atoms with Gasteiger partial charge in [0.05, 0.1) is 26.4 Å². The second-order valence-corrected chi connectivity index (χ2v) is 7.79. The van der Waals surface area contributed by atoms with Crippen molar-refractivity contribution in [1.82, 2.24) is 9.47 Å². The van der Waals surface area contributed by atoms with E-state index >= 15 is 0 Å². The highest BCUT2D eigenvalue weighted by Gasteiger charge is 2.36. The molecule has 0 bridgehead atoms. The third-order valence-electron chi connectivity index (χ3n) is 4.49. The Morgan fingerprint density at radius 3 is 2.39 bits per heavy atom. The molecule has 0 saturated heterocycles. The number of carbonyl (C=O) groups excluding carboxylic acids is 3. The molecule has 0 N–H and O–H groups in total. The predicted molar refractivity (Wildman–Crippen MR) is 107 cm³/mol. The van der Waals surface area contributed by atoms with E-state index in [-0.39, 0.29) is 6.54 Å². The number of para-hydroxylation sites is 1. The third-order valence-corrected chi connectivity index (χ3v) is 5.84. The van der Waals surface area contributed by atoms with Crippen molar-refractivity contribution < 1.29 is 14.4 Å². The molecule has 0 spiro atoms. The van der Waals surface area contributed by atoms with Gasteiger partial charge in [0, 0.05) is 6.54 Å². The van der Waals surface area contributed by atoms with Crippen LogP contribution in [0.1, 0.15) is 34.1 Å². The second-order valence-electron chi connectivity index (χ2n) is 6.37. The lowest BCUT2D eigenvalue weighted by molar-refractivity contribution is -0.118. The third kappa shape index (κ3) is 3.06. The number of fused-ring (bicyclic) bond motifs is 2. The number of imide groups is 1. The summed E-state index contributed by atoms with van der Waals surface area (Å²) in [4.78, 5) is 43.1. The maximum atomic E-state index is 12.6. The van der Waals surface area contributed by atoms with Crippen molar-refractivity contribution in [2.24, 2.45) is 4.99 Å². The van der Waals surface area contributed by atoms with Gasteiger partial charge in [-0.1, -0.05) is 48.1 Å². The molecule has 0 aliphatic carbocycles. The van der Waals surface area contributed by atoms with Gasteiger partial charge in [-0.25, -0.2) is 0 Å². The molecular formula is C20H16ClN3O3S. The zero-order valence-corrected chi connectivity index (χ0v) is 16.6. The molecule has 6 nitrogen and oxygen atoms in total. The number of carbonyl (C=O) groups is 3. The van der Waals surface area contributed by atoms with Crippen molar-refractivity contribution in [1.29, 1.82) is 0 Å². The molecule has 3 aromatic rings. The Labute approximate surface area is 169 Å². The number of hydrogen-bond donors (Lipinski definition) is 0. The average Bonchev–Trinajstić information content (AvgIpc) is 3.14. The van der Waals surface area contributed by atoms with Crippen LogP contribution in [-0.2, 0) is 11.3 Å². The molecule has 2 heterocycles. The van der Waals surface area contributed by atoms with E-state index in [9.17, 15) is 14.4 Å². The Kier molecular flexibility index (Phi) is 4.87. The van der Waals surface area contributed by atoms with Gasteiger partial charge in [0.15, 0.2) is 4.80 Å². The van der Waals surface area contributed by atoms with Crippen LogP contribution in [0.2, 0.25) is 5.02 Å². The van der Waals surface area contributed by atoms with Crippen LogP contribution in [0.4, 0.5) is 0 Å². The van der Waals surface area contributed by atoms with Crippen molar-refractivity contribution in [3.63, 3.8) is 0 Å². The maximum Gasteiger partial charge on any atom is 0.268 e. The second kappa shape index (κ2) is 7.33. The molecule has 4 rings (SSSR count). The monoisotopic (exact) mass is 413 g/mol. The Bertz CT molecular complexity index is 1160. The molecule has 1 aliphatic rings. The number of nitrogens with zero attached hydrogens (tertiary/aromatic N) is 3. The Hall–Kier alpha value is -2.77. The lowest BCUT2D eigenvalue weighted by Crippen LogP contribution is -2.35. The first-order chi connectivity index (χ1) is 13.5. The van der Waals surface area contributed by atoms with Crippen LogP contribution in [0.15, 0.2) is 47.5 Å². The topological polar surface area (TPSA) is 71.7 Å². The summed E-state index contributed by atoms with van der Waals surface area (Å²) in [6.45, 7) is 2.29. The molecule has 8 heteroatoms. The molecule has 0 atom stereocenters. The van der Waals surface area contributed by atoms with Crippen LogP contribution in [0, 0.1) is 0 Å². The molecule has 1 aliphatic heterocycles. The fourth-order valence-electron chi connectivity index (χ4n) is 3.26. The summed E-state index contributed by atoms with van der Waals surface area (Å²) < 4.78 is 2.83. The number of rotatable bonds is 4. The zero-order valence-electron chi connectivity index (χ0n) is 15.0. The van der Waals surface area contributed by atoms with Gasteiger partial charge in [-0.05, 0) is 30.7 Å². The van der Waals surface area contributed by atoms with Gasteiger partial charge in [-0.3, -0.25) is 19.3 Å². The van der Waals surface area contributed by atoms with E-state index < -0.39 is 17.7 Å². The minimum Gasteiger partial charge on any atom is -0.315 e.